The molecule has 0 radical (unpaired) electrons. The summed E-state index contributed by atoms with van der Waals surface area (Å²) in [5.41, 5.74) is 1.89. The fourth-order valence-corrected chi connectivity index (χ4v) is 3.55. The number of amides is 1. The Morgan fingerprint density at radius 3 is 2.86 bits per heavy atom. The highest BCUT2D eigenvalue weighted by molar-refractivity contribution is 7.99. The van der Waals surface area contributed by atoms with Gasteiger partial charge in [-0.05, 0) is 36.4 Å². The van der Waals surface area contributed by atoms with E-state index < -0.39 is 0 Å². The van der Waals surface area contributed by atoms with Crippen molar-refractivity contribution in [3.63, 3.8) is 0 Å². The first-order valence-corrected chi connectivity index (χ1v) is 9.83. The Balaban J connectivity index is 1.28. The molecule has 1 N–H and O–H groups in total. The largest absolute Gasteiger partial charge is 0.486 e. The molecule has 0 saturated carbocycles. The zero-order valence-corrected chi connectivity index (χ0v) is 15.9. The number of furan rings is 1. The Hall–Kier alpha value is -3.53. The molecule has 146 valence electrons. The number of carbonyl (C=O) groups excluding carboxylic acids is 1. The monoisotopic (exact) mass is 409 g/mol. The van der Waals surface area contributed by atoms with E-state index >= 15 is 0 Å². The van der Waals surface area contributed by atoms with Gasteiger partial charge in [0.1, 0.15) is 18.9 Å². The Morgan fingerprint density at radius 1 is 1.10 bits per heavy atom. The molecule has 4 aromatic rings. The van der Waals surface area contributed by atoms with Crippen LogP contribution in [0.5, 0.6) is 11.5 Å². The first kappa shape index (κ1) is 17.6. The van der Waals surface area contributed by atoms with Crippen LogP contribution in [0.1, 0.15) is 0 Å². The zero-order chi connectivity index (χ0) is 19.6. The number of carbonyl (C=O) groups is 1. The Bertz CT molecular complexity index is 1170. The lowest BCUT2D eigenvalue weighted by Crippen LogP contribution is -2.17. The lowest BCUT2D eigenvalue weighted by atomic mass is 10.2. The highest BCUT2D eigenvalue weighted by Crippen LogP contribution is 2.32. The van der Waals surface area contributed by atoms with Crippen molar-refractivity contribution < 1.29 is 18.7 Å². The van der Waals surface area contributed by atoms with E-state index in [-0.39, 0.29) is 11.7 Å². The van der Waals surface area contributed by atoms with Gasteiger partial charge in [-0.3, -0.25) is 4.79 Å². The van der Waals surface area contributed by atoms with Crippen LogP contribution in [-0.2, 0) is 4.79 Å². The summed E-state index contributed by atoms with van der Waals surface area (Å²) in [6, 6.07) is 12.5. The second-order valence-corrected chi connectivity index (χ2v) is 7.09. The normalized spacial score (nSPS) is 12.8. The van der Waals surface area contributed by atoms with E-state index in [1.807, 2.05) is 12.1 Å². The summed E-state index contributed by atoms with van der Waals surface area (Å²) in [5.74, 6) is 1.93. The topological polar surface area (TPSA) is 104 Å². The number of aromatic nitrogens is 4. The van der Waals surface area contributed by atoms with Crippen molar-refractivity contribution >= 4 is 29.0 Å². The molecule has 0 fully saturated rings. The molecule has 4 heterocycles. The fourth-order valence-electron chi connectivity index (χ4n) is 2.86. The third kappa shape index (κ3) is 3.61. The highest BCUT2D eigenvalue weighted by Gasteiger charge is 2.15. The van der Waals surface area contributed by atoms with Gasteiger partial charge < -0.3 is 19.2 Å². The van der Waals surface area contributed by atoms with E-state index in [9.17, 15) is 4.79 Å². The molecule has 29 heavy (non-hydrogen) atoms. The van der Waals surface area contributed by atoms with E-state index in [1.165, 1.54) is 11.8 Å². The number of anilines is 1. The minimum Gasteiger partial charge on any atom is -0.486 e. The third-order valence-electron chi connectivity index (χ3n) is 4.17. The van der Waals surface area contributed by atoms with Crippen molar-refractivity contribution in [2.75, 3.05) is 24.3 Å². The quantitative estimate of drug-likeness (QED) is 0.502. The van der Waals surface area contributed by atoms with Crippen molar-refractivity contribution in [3.8, 4) is 23.0 Å². The molecule has 1 amide bonds. The van der Waals surface area contributed by atoms with Crippen LogP contribution in [0.3, 0.4) is 0 Å². The predicted octanol–water partition coefficient (Wildman–Crippen LogP) is 2.89. The van der Waals surface area contributed by atoms with Gasteiger partial charge in [0, 0.05) is 11.8 Å². The predicted molar refractivity (Wildman–Crippen MR) is 105 cm³/mol. The third-order valence-corrected chi connectivity index (χ3v) is 5.09. The molecule has 0 spiro atoms. The summed E-state index contributed by atoms with van der Waals surface area (Å²) in [6.45, 7) is 1.02. The smallest absolute Gasteiger partial charge is 0.234 e. The molecular weight excluding hydrogens is 394 g/mol. The maximum atomic E-state index is 12.4. The van der Waals surface area contributed by atoms with Crippen LogP contribution in [0.15, 0.2) is 58.3 Å². The van der Waals surface area contributed by atoms with Crippen molar-refractivity contribution in [2.24, 2.45) is 0 Å². The molecule has 5 rings (SSSR count). The lowest BCUT2D eigenvalue weighted by molar-refractivity contribution is -0.113. The van der Waals surface area contributed by atoms with E-state index in [0.29, 0.717) is 52.7 Å². The van der Waals surface area contributed by atoms with Crippen LogP contribution in [-0.4, -0.2) is 44.7 Å². The SMILES string of the molecule is O=C(CSc1nnc2ccc(-c3ccco3)nn12)Nc1ccc2c(c1)OCCO2. The average molecular weight is 409 g/mol. The van der Waals surface area contributed by atoms with Crippen molar-refractivity contribution in [1.82, 2.24) is 19.8 Å². The van der Waals surface area contributed by atoms with E-state index in [0.717, 1.165) is 0 Å². The van der Waals surface area contributed by atoms with E-state index in [4.69, 9.17) is 13.9 Å². The molecule has 1 aliphatic rings. The maximum absolute atomic E-state index is 12.4. The molecular formula is C19H15N5O4S. The molecule has 9 nitrogen and oxygen atoms in total. The van der Waals surface area contributed by atoms with Gasteiger partial charge in [0.25, 0.3) is 0 Å². The van der Waals surface area contributed by atoms with Crippen LogP contribution in [0, 0.1) is 0 Å². The first-order chi connectivity index (χ1) is 14.3. The minimum atomic E-state index is -0.175. The number of fused-ring (bicyclic) bond motifs is 2. The second kappa shape index (κ2) is 7.47. The summed E-state index contributed by atoms with van der Waals surface area (Å²) < 4.78 is 18.0. The number of benzene rings is 1. The van der Waals surface area contributed by atoms with E-state index in [2.05, 4.69) is 20.6 Å². The van der Waals surface area contributed by atoms with Gasteiger partial charge in [-0.15, -0.1) is 10.2 Å². The van der Waals surface area contributed by atoms with Crippen LogP contribution in [0.2, 0.25) is 0 Å². The summed E-state index contributed by atoms with van der Waals surface area (Å²) in [5, 5.41) is 16.1. The molecule has 1 aliphatic heterocycles. The Labute approximate surface area is 169 Å². The van der Waals surface area contributed by atoms with E-state index in [1.54, 1.807) is 41.1 Å². The number of ether oxygens (including phenoxy) is 2. The minimum absolute atomic E-state index is 0.155. The summed E-state index contributed by atoms with van der Waals surface area (Å²) in [6.07, 6.45) is 1.59. The highest BCUT2D eigenvalue weighted by atomic mass is 32.2. The Kier molecular flexibility index (Phi) is 4.53. The number of hydrogen-bond acceptors (Lipinski definition) is 8. The average Bonchev–Trinajstić information content (AvgIpc) is 3.42. The van der Waals surface area contributed by atoms with Crippen LogP contribution in [0.4, 0.5) is 5.69 Å². The molecule has 0 aliphatic carbocycles. The summed E-state index contributed by atoms with van der Waals surface area (Å²) in [4.78, 5) is 12.4. The maximum Gasteiger partial charge on any atom is 0.234 e. The van der Waals surface area contributed by atoms with Crippen LogP contribution in [0.25, 0.3) is 17.1 Å². The fraction of sp³-hybridized carbons (Fsp3) is 0.158. The van der Waals surface area contributed by atoms with Crippen molar-refractivity contribution in [1.29, 1.82) is 0 Å². The summed E-state index contributed by atoms with van der Waals surface area (Å²) >= 11 is 1.25. The van der Waals surface area contributed by atoms with Crippen molar-refractivity contribution in [3.05, 3.63) is 48.7 Å². The second-order valence-electron chi connectivity index (χ2n) is 6.14. The lowest BCUT2D eigenvalue weighted by Gasteiger charge is -2.18. The first-order valence-electron chi connectivity index (χ1n) is 8.85. The van der Waals surface area contributed by atoms with Crippen molar-refractivity contribution in [2.45, 2.75) is 5.16 Å². The van der Waals surface area contributed by atoms with Crippen LogP contribution >= 0.6 is 11.8 Å². The van der Waals surface area contributed by atoms with Gasteiger partial charge in [0.2, 0.25) is 11.1 Å². The summed E-state index contributed by atoms with van der Waals surface area (Å²) in [7, 11) is 0. The number of rotatable bonds is 5. The molecule has 3 aromatic heterocycles. The number of thioether (sulfide) groups is 1. The Morgan fingerprint density at radius 2 is 2.00 bits per heavy atom. The standard InChI is InChI=1S/C19H15N5O4S/c25-18(20-12-3-5-15-16(10-12)28-9-8-27-15)11-29-19-22-21-17-6-4-13(23-24(17)19)14-2-1-7-26-14/h1-7,10H,8-9,11H2,(H,20,25). The molecule has 10 heteroatoms. The number of hydrogen-bond donors (Lipinski definition) is 1. The molecule has 0 saturated heterocycles. The number of nitrogens with zero attached hydrogens (tertiary/aromatic N) is 4. The molecule has 1 aromatic carbocycles. The molecule has 0 atom stereocenters. The van der Waals surface area contributed by atoms with Crippen LogP contribution < -0.4 is 14.8 Å². The number of nitrogens with one attached hydrogen (secondary N) is 1. The molecule has 0 bridgehead atoms. The van der Waals surface area contributed by atoms with Gasteiger partial charge in [-0.2, -0.15) is 9.61 Å². The van der Waals surface area contributed by atoms with Gasteiger partial charge in [0.05, 0.1) is 12.0 Å². The van der Waals surface area contributed by atoms with Gasteiger partial charge >= 0.3 is 0 Å². The van der Waals surface area contributed by atoms with Gasteiger partial charge in [-0.1, -0.05) is 11.8 Å². The van der Waals surface area contributed by atoms with Gasteiger partial charge in [-0.25, -0.2) is 0 Å². The van der Waals surface area contributed by atoms with Gasteiger partial charge in [0.15, 0.2) is 22.9 Å². The molecule has 0 unspecified atom stereocenters. The zero-order valence-electron chi connectivity index (χ0n) is 15.1.